The lowest BCUT2D eigenvalue weighted by Crippen LogP contribution is -2.11. The Balaban J connectivity index is 2.76. The van der Waals surface area contributed by atoms with Crippen LogP contribution >= 0.6 is 34.4 Å². The van der Waals surface area contributed by atoms with Crippen LogP contribution in [0, 0.1) is 0 Å². The molecule has 0 aliphatic rings. The van der Waals surface area contributed by atoms with E-state index in [0.29, 0.717) is 10.4 Å². The van der Waals surface area contributed by atoms with Crippen molar-refractivity contribution >= 4 is 39.5 Å². The van der Waals surface area contributed by atoms with Crippen molar-refractivity contribution in [1.82, 2.24) is 0 Å². The van der Waals surface area contributed by atoms with Crippen LogP contribution in [0.5, 0.6) is 0 Å². The zero-order chi connectivity index (χ0) is 12.7. The molecular weight excluding hydrogens is 343 g/mol. The molecule has 0 aliphatic carbocycles. The zero-order valence-corrected chi connectivity index (χ0v) is 13.3. The molecule has 1 aromatic carbocycles. The van der Waals surface area contributed by atoms with Crippen molar-refractivity contribution in [2.45, 2.75) is 37.9 Å². The van der Waals surface area contributed by atoms with E-state index in [0.717, 1.165) is 22.8 Å². The maximum absolute atomic E-state index is 12.2. The summed E-state index contributed by atoms with van der Waals surface area (Å²) in [5, 5.41) is 0.685. The lowest BCUT2D eigenvalue weighted by atomic mass is 9.96. The Morgan fingerprint density at radius 3 is 2.47 bits per heavy atom. The molecule has 1 unspecified atom stereocenters. The van der Waals surface area contributed by atoms with Gasteiger partial charge in [-0.3, -0.25) is 4.79 Å². The average molecular weight is 362 g/mol. The van der Waals surface area contributed by atoms with E-state index in [1.807, 2.05) is 18.2 Å². The fourth-order valence-corrected chi connectivity index (χ4v) is 3.02. The summed E-state index contributed by atoms with van der Waals surface area (Å²) in [6, 6.07) is 10.2. The topological polar surface area (TPSA) is 17.1 Å². The number of benzene rings is 1. The number of carbonyl (C=O) groups is 1. The number of rotatable bonds is 6. The molecule has 0 radical (unpaired) electrons. The molecule has 94 valence electrons. The Kier molecular flexibility index (Phi) is 7.19. The Morgan fingerprint density at radius 1 is 1.29 bits per heavy atom. The highest BCUT2D eigenvalue weighted by molar-refractivity contribution is 14.1. The fraction of sp³-hybridized carbons (Fsp3) is 0.500. The van der Waals surface area contributed by atoms with E-state index < -0.39 is 0 Å². The first-order chi connectivity index (χ1) is 8.15. The first-order valence-electron chi connectivity index (χ1n) is 5.96. The smallest absolute Gasteiger partial charge is 0.196 e. The second kappa shape index (κ2) is 8.14. The van der Waals surface area contributed by atoms with Gasteiger partial charge in [-0.05, 0) is 22.8 Å². The molecule has 0 saturated carbocycles. The summed E-state index contributed by atoms with van der Waals surface area (Å²) in [4.78, 5) is 12.2. The molecule has 0 aromatic heterocycles. The van der Waals surface area contributed by atoms with Gasteiger partial charge in [0.05, 0.1) is 5.92 Å². The summed E-state index contributed by atoms with van der Waals surface area (Å²) >= 11 is 3.84. The number of thioether (sulfide) groups is 1. The van der Waals surface area contributed by atoms with Gasteiger partial charge in [0.1, 0.15) is 0 Å². The second-order valence-electron chi connectivity index (χ2n) is 4.28. The van der Waals surface area contributed by atoms with Gasteiger partial charge in [-0.15, -0.1) is 0 Å². The van der Waals surface area contributed by atoms with Crippen LogP contribution in [0.25, 0.3) is 0 Å². The molecule has 1 atom stereocenters. The van der Waals surface area contributed by atoms with E-state index in [4.69, 9.17) is 0 Å². The summed E-state index contributed by atoms with van der Waals surface area (Å²) in [5.74, 6) is 0.0679. The highest BCUT2D eigenvalue weighted by Gasteiger charge is 2.21. The third-order valence-electron chi connectivity index (χ3n) is 2.46. The van der Waals surface area contributed by atoms with Crippen LogP contribution in [-0.4, -0.2) is 14.8 Å². The summed E-state index contributed by atoms with van der Waals surface area (Å²) < 4.78 is 1.11. The first kappa shape index (κ1) is 15.0. The van der Waals surface area contributed by atoms with Crippen LogP contribution in [0.4, 0.5) is 0 Å². The van der Waals surface area contributed by atoms with Crippen LogP contribution in [0.2, 0.25) is 0 Å². The van der Waals surface area contributed by atoms with Crippen LogP contribution in [0.15, 0.2) is 30.3 Å². The van der Waals surface area contributed by atoms with Crippen molar-refractivity contribution in [3.8, 4) is 0 Å². The van der Waals surface area contributed by atoms with Crippen molar-refractivity contribution in [1.29, 1.82) is 0 Å². The highest BCUT2D eigenvalue weighted by atomic mass is 127. The Bertz CT molecular complexity index is 337. The monoisotopic (exact) mass is 362 g/mol. The summed E-state index contributed by atoms with van der Waals surface area (Å²) in [6.07, 6.45) is 2.07. The fourth-order valence-electron chi connectivity index (χ4n) is 1.70. The molecule has 1 aromatic rings. The van der Waals surface area contributed by atoms with E-state index in [-0.39, 0.29) is 5.92 Å². The molecule has 0 bridgehead atoms. The van der Waals surface area contributed by atoms with E-state index in [2.05, 4.69) is 48.6 Å². The van der Waals surface area contributed by atoms with Gasteiger partial charge in [0, 0.05) is 5.25 Å². The number of carbonyl (C=O) groups excluding carboxylic acids is 1. The SMILES string of the molecule is CC(C)SC(=O)C(CCCI)c1ccccc1. The largest absolute Gasteiger partial charge is 0.287 e. The van der Waals surface area contributed by atoms with E-state index in [1.54, 1.807) is 0 Å². The summed E-state index contributed by atoms with van der Waals surface area (Å²) in [5.41, 5.74) is 1.16. The normalized spacial score (nSPS) is 12.7. The third-order valence-corrected chi connectivity index (χ3v) is 4.22. The van der Waals surface area contributed by atoms with Gasteiger partial charge in [0.2, 0.25) is 0 Å². The Hall–Kier alpha value is -0.0300. The van der Waals surface area contributed by atoms with Gasteiger partial charge >= 0.3 is 0 Å². The van der Waals surface area contributed by atoms with Crippen LogP contribution in [-0.2, 0) is 4.79 Å². The lowest BCUT2D eigenvalue weighted by molar-refractivity contribution is -0.112. The minimum absolute atomic E-state index is 0.0679. The minimum Gasteiger partial charge on any atom is -0.287 e. The quantitative estimate of drug-likeness (QED) is 0.541. The van der Waals surface area contributed by atoms with Crippen LogP contribution in [0.3, 0.4) is 0 Å². The molecule has 1 rings (SSSR count). The highest BCUT2D eigenvalue weighted by Crippen LogP contribution is 2.29. The number of alkyl halides is 1. The van der Waals surface area contributed by atoms with E-state index in [9.17, 15) is 4.79 Å². The number of hydrogen-bond donors (Lipinski definition) is 0. The van der Waals surface area contributed by atoms with Crippen molar-refractivity contribution in [3.63, 3.8) is 0 Å². The van der Waals surface area contributed by atoms with E-state index in [1.165, 1.54) is 11.8 Å². The summed E-state index contributed by atoms with van der Waals surface area (Å²) in [7, 11) is 0. The first-order valence-corrected chi connectivity index (χ1v) is 8.37. The molecule has 0 amide bonds. The molecule has 0 N–H and O–H groups in total. The molecule has 0 fully saturated rings. The standard InChI is InChI=1S/C14H19IOS/c1-11(2)17-14(16)13(9-6-10-15)12-7-4-3-5-8-12/h3-5,7-8,11,13H,6,9-10H2,1-2H3. The van der Waals surface area contributed by atoms with Crippen molar-refractivity contribution in [3.05, 3.63) is 35.9 Å². The van der Waals surface area contributed by atoms with Gasteiger partial charge in [0.15, 0.2) is 5.12 Å². The molecular formula is C14H19IOS. The van der Waals surface area contributed by atoms with Gasteiger partial charge in [0.25, 0.3) is 0 Å². The maximum atomic E-state index is 12.2. The summed E-state index contributed by atoms with van der Waals surface area (Å²) in [6.45, 7) is 4.14. The lowest BCUT2D eigenvalue weighted by Gasteiger charge is -2.16. The van der Waals surface area contributed by atoms with Crippen molar-refractivity contribution in [2.75, 3.05) is 4.43 Å². The van der Waals surface area contributed by atoms with E-state index >= 15 is 0 Å². The van der Waals surface area contributed by atoms with Gasteiger partial charge in [-0.25, -0.2) is 0 Å². The van der Waals surface area contributed by atoms with Crippen LogP contribution in [0.1, 0.15) is 38.2 Å². The number of hydrogen-bond acceptors (Lipinski definition) is 2. The second-order valence-corrected chi connectivity index (χ2v) is 6.94. The Morgan fingerprint density at radius 2 is 1.94 bits per heavy atom. The molecule has 3 heteroatoms. The number of halogens is 1. The van der Waals surface area contributed by atoms with Crippen LogP contribution < -0.4 is 0 Å². The molecule has 0 heterocycles. The Labute approximate surface area is 122 Å². The molecule has 0 aliphatic heterocycles. The average Bonchev–Trinajstić information content (AvgIpc) is 2.30. The minimum atomic E-state index is 0.0679. The maximum Gasteiger partial charge on any atom is 0.196 e. The zero-order valence-electron chi connectivity index (χ0n) is 10.4. The third kappa shape index (κ3) is 5.42. The molecule has 17 heavy (non-hydrogen) atoms. The predicted octanol–water partition coefficient (Wildman–Crippen LogP) is 4.65. The van der Waals surface area contributed by atoms with Crippen molar-refractivity contribution in [2.24, 2.45) is 0 Å². The van der Waals surface area contributed by atoms with Gasteiger partial charge in [-0.1, -0.05) is 78.5 Å². The van der Waals surface area contributed by atoms with Gasteiger partial charge < -0.3 is 0 Å². The predicted molar refractivity (Wildman–Crippen MR) is 85.0 cm³/mol. The van der Waals surface area contributed by atoms with Gasteiger partial charge in [-0.2, -0.15) is 0 Å². The molecule has 1 nitrogen and oxygen atoms in total. The molecule has 0 saturated heterocycles. The van der Waals surface area contributed by atoms with Crippen molar-refractivity contribution < 1.29 is 4.79 Å². The molecule has 0 spiro atoms.